The Kier molecular flexibility index (Phi) is 1.27. The van der Waals surface area contributed by atoms with E-state index in [1.165, 1.54) is 0 Å². The molecule has 10 heavy (non-hydrogen) atoms. The average molecular weight is 147 g/mol. The SMILES string of the molecule is [AlH2][c]1nc2ccccc2o1. The Morgan fingerprint density at radius 1 is 1.30 bits per heavy atom. The molecule has 0 atom stereocenters. The number of hydrogen-bond donors (Lipinski definition) is 0. The van der Waals surface area contributed by atoms with Gasteiger partial charge in [-0.15, -0.1) is 0 Å². The van der Waals surface area contributed by atoms with Crippen LogP contribution >= 0.6 is 0 Å². The molecule has 1 heterocycles. The molecule has 0 aliphatic heterocycles. The second-order valence-electron chi connectivity index (χ2n) is 2.20. The van der Waals surface area contributed by atoms with Crippen molar-refractivity contribution in [3.63, 3.8) is 0 Å². The van der Waals surface area contributed by atoms with Crippen LogP contribution in [-0.2, 0) is 0 Å². The molecule has 0 saturated heterocycles. The van der Waals surface area contributed by atoms with Gasteiger partial charge in [-0.25, -0.2) is 4.98 Å². The van der Waals surface area contributed by atoms with Gasteiger partial charge in [0, 0.05) is 0 Å². The summed E-state index contributed by atoms with van der Waals surface area (Å²) in [6.07, 6.45) is 0. The Labute approximate surface area is 66.3 Å². The molecule has 2 rings (SSSR count). The van der Waals surface area contributed by atoms with Crippen LogP contribution in [0.5, 0.6) is 0 Å². The van der Waals surface area contributed by atoms with Gasteiger partial charge in [-0.2, -0.15) is 0 Å². The van der Waals surface area contributed by atoms with Crippen LogP contribution in [0.1, 0.15) is 0 Å². The van der Waals surface area contributed by atoms with Crippen LogP contribution < -0.4 is 4.75 Å². The Balaban J connectivity index is 2.88. The maximum atomic E-state index is 5.32. The van der Waals surface area contributed by atoms with E-state index in [-0.39, 0.29) is 0 Å². The molecule has 0 radical (unpaired) electrons. The highest BCUT2D eigenvalue weighted by Crippen LogP contribution is 2.07. The highest BCUT2D eigenvalue weighted by Gasteiger charge is 1.96. The summed E-state index contributed by atoms with van der Waals surface area (Å²) in [5.74, 6) is 0. The Hall–Kier alpha value is -0.778. The van der Waals surface area contributed by atoms with Gasteiger partial charge < -0.3 is 4.42 Å². The van der Waals surface area contributed by atoms with Gasteiger partial charge in [0.15, 0.2) is 5.58 Å². The van der Waals surface area contributed by atoms with Crippen molar-refractivity contribution in [2.75, 3.05) is 0 Å². The lowest BCUT2D eigenvalue weighted by Gasteiger charge is -1.80. The van der Waals surface area contributed by atoms with E-state index >= 15 is 0 Å². The van der Waals surface area contributed by atoms with Crippen molar-refractivity contribution in [2.45, 2.75) is 0 Å². The van der Waals surface area contributed by atoms with Gasteiger partial charge in [0.1, 0.15) is 5.52 Å². The Morgan fingerprint density at radius 3 is 2.90 bits per heavy atom. The molecular formula is C7H6AlNO. The summed E-state index contributed by atoms with van der Waals surface area (Å²) >= 11 is 0.885. The minimum absolute atomic E-state index is 0.862. The standard InChI is InChI=1S/C7H4NO.Al.2H/c1-2-4-7-6(3-1)8-5-9-7;;;/h1-4H;;;. The molecule has 1 aromatic heterocycles. The first-order valence-electron chi connectivity index (χ1n) is 3.18. The number of nitrogens with zero attached hydrogens (tertiary/aromatic N) is 1. The Bertz CT molecular complexity index is 322. The van der Waals surface area contributed by atoms with Crippen molar-refractivity contribution in [1.29, 1.82) is 0 Å². The quantitative estimate of drug-likeness (QED) is 0.493. The minimum Gasteiger partial charge on any atom is -0.461 e. The third-order valence-corrected chi connectivity index (χ3v) is 1.83. The normalized spacial score (nSPS) is 10.4. The maximum absolute atomic E-state index is 5.32. The molecule has 0 saturated carbocycles. The lowest BCUT2D eigenvalue weighted by Crippen LogP contribution is -1.99. The molecular weight excluding hydrogens is 141 g/mol. The molecule has 1 aromatic carbocycles. The number of oxazole rings is 1. The van der Waals surface area contributed by atoms with Crippen LogP contribution in [0.2, 0.25) is 0 Å². The van der Waals surface area contributed by atoms with Crippen LogP contribution in [0.25, 0.3) is 11.1 Å². The third-order valence-electron chi connectivity index (χ3n) is 1.40. The molecule has 0 spiro atoms. The second kappa shape index (κ2) is 2.12. The van der Waals surface area contributed by atoms with Crippen LogP contribution in [-0.4, -0.2) is 21.3 Å². The van der Waals surface area contributed by atoms with E-state index < -0.39 is 0 Å². The first-order valence-corrected chi connectivity index (χ1v) is 4.18. The monoisotopic (exact) mass is 147 g/mol. The van der Waals surface area contributed by atoms with Crippen LogP contribution in [0.4, 0.5) is 0 Å². The lowest BCUT2D eigenvalue weighted by atomic mass is 10.3. The maximum Gasteiger partial charge on any atom is 0.350 e. The third kappa shape index (κ3) is 0.842. The van der Waals surface area contributed by atoms with Crippen molar-refractivity contribution in [1.82, 2.24) is 4.98 Å². The van der Waals surface area contributed by atoms with Crippen LogP contribution in [0.3, 0.4) is 0 Å². The summed E-state index contributed by atoms with van der Waals surface area (Å²) < 4.78 is 6.18. The minimum atomic E-state index is 0.862. The summed E-state index contributed by atoms with van der Waals surface area (Å²) in [6, 6.07) is 7.81. The van der Waals surface area contributed by atoms with Gasteiger partial charge >= 0.3 is 16.3 Å². The average Bonchev–Trinajstić information content (AvgIpc) is 2.27. The smallest absolute Gasteiger partial charge is 0.350 e. The number of fused-ring (bicyclic) bond motifs is 1. The van der Waals surface area contributed by atoms with E-state index in [9.17, 15) is 0 Å². The van der Waals surface area contributed by atoms with E-state index in [0.29, 0.717) is 0 Å². The fourth-order valence-electron chi connectivity index (χ4n) is 0.987. The number of rotatable bonds is 0. The zero-order chi connectivity index (χ0) is 6.97. The van der Waals surface area contributed by atoms with E-state index in [4.69, 9.17) is 4.42 Å². The lowest BCUT2D eigenvalue weighted by molar-refractivity contribution is 0.644. The zero-order valence-corrected chi connectivity index (χ0v) is 7.66. The fraction of sp³-hybridized carbons (Fsp3) is 0. The van der Waals surface area contributed by atoms with Crippen molar-refractivity contribution < 1.29 is 4.42 Å². The van der Waals surface area contributed by atoms with Crippen LogP contribution in [0, 0.1) is 0 Å². The summed E-state index contributed by atoms with van der Waals surface area (Å²) in [7, 11) is 0. The summed E-state index contributed by atoms with van der Waals surface area (Å²) in [5.41, 5.74) is 1.86. The molecule has 0 N–H and O–H groups in total. The van der Waals surface area contributed by atoms with Crippen molar-refractivity contribution in [2.24, 2.45) is 0 Å². The predicted octanol–water partition coefficient (Wildman–Crippen LogP) is 0.0862. The van der Waals surface area contributed by atoms with E-state index in [2.05, 4.69) is 4.98 Å². The highest BCUT2D eigenvalue weighted by molar-refractivity contribution is 6.28. The van der Waals surface area contributed by atoms with Gasteiger partial charge in [0.05, 0.1) is 4.75 Å². The summed E-state index contributed by atoms with van der Waals surface area (Å²) in [4.78, 5) is 4.21. The number of benzene rings is 1. The molecule has 2 nitrogen and oxygen atoms in total. The summed E-state index contributed by atoms with van der Waals surface area (Å²) in [6.45, 7) is 0. The second-order valence-corrected chi connectivity index (χ2v) is 3.06. The predicted molar refractivity (Wildman–Crippen MR) is 42.2 cm³/mol. The summed E-state index contributed by atoms with van der Waals surface area (Å²) in [5, 5.41) is 0. The first-order chi connectivity index (χ1) is 4.86. The van der Waals surface area contributed by atoms with E-state index in [1.807, 2.05) is 24.3 Å². The topological polar surface area (TPSA) is 26.0 Å². The molecule has 48 valence electrons. The number of hydrogen-bond acceptors (Lipinski definition) is 2. The zero-order valence-electron chi connectivity index (χ0n) is 5.66. The Morgan fingerprint density at radius 2 is 2.10 bits per heavy atom. The molecule has 0 fully saturated rings. The van der Waals surface area contributed by atoms with Crippen LogP contribution in [0.15, 0.2) is 28.7 Å². The van der Waals surface area contributed by atoms with Crippen molar-refractivity contribution in [3.05, 3.63) is 24.3 Å². The van der Waals surface area contributed by atoms with Crippen molar-refractivity contribution >= 4 is 32.1 Å². The molecule has 3 heteroatoms. The molecule has 0 aliphatic rings. The van der Waals surface area contributed by atoms with Gasteiger partial charge in [0.25, 0.3) is 0 Å². The van der Waals surface area contributed by atoms with Crippen molar-refractivity contribution in [3.8, 4) is 0 Å². The first kappa shape index (κ1) is 5.97. The largest absolute Gasteiger partial charge is 0.461 e. The number of para-hydroxylation sites is 2. The molecule has 2 aromatic rings. The van der Waals surface area contributed by atoms with Gasteiger partial charge in [-0.05, 0) is 12.1 Å². The molecule has 0 unspecified atom stereocenters. The molecule has 0 bridgehead atoms. The highest BCUT2D eigenvalue weighted by atomic mass is 27.0. The fourth-order valence-corrected chi connectivity index (χ4v) is 1.45. The number of aromatic nitrogens is 1. The van der Waals surface area contributed by atoms with Gasteiger partial charge in [-0.1, -0.05) is 12.1 Å². The van der Waals surface area contributed by atoms with Gasteiger partial charge in [-0.3, -0.25) is 0 Å². The molecule has 0 aliphatic carbocycles. The van der Waals surface area contributed by atoms with Gasteiger partial charge in [0.2, 0.25) is 0 Å². The van der Waals surface area contributed by atoms with E-state index in [1.54, 1.807) is 0 Å². The van der Waals surface area contributed by atoms with E-state index in [0.717, 1.165) is 32.1 Å². The molecule has 0 amide bonds.